The molecule has 0 unspecified atom stereocenters. The second-order valence-corrected chi connectivity index (χ2v) is 12.7. The highest BCUT2D eigenvalue weighted by Gasteiger charge is 2.52. The second kappa shape index (κ2) is 9.05. The van der Waals surface area contributed by atoms with Crippen LogP contribution in [0, 0.1) is 5.41 Å². The first-order valence-electron chi connectivity index (χ1n) is 12.2. The van der Waals surface area contributed by atoms with E-state index in [9.17, 15) is 13.2 Å². The number of carbonyl (C=O) groups is 1. The first-order valence-corrected chi connectivity index (χ1v) is 14.1. The molecule has 1 aliphatic carbocycles. The van der Waals surface area contributed by atoms with E-state index < -0.39 is 9.84 Å². The molecule has 2 aliphatic heterocycles. The fourth-order valence-electron chi connectivity index (χ4n) is 5.80. The number of urea groups is 1. The molecule has 5 rings (SSSR count). The molecule has 2 amide bonds. The minimum Gasteiger partial charge on any atom is -0.335 e. The van der Waals surface area contributed by atoms with Gasteiger partial charge in [0.1, 0.15) is 4.90 Å². The van der Waals surface area contributed by atoms with Crippen LogP contribution in [0.4, 0.5) is 10.7 Å². The number of sulfone groups is 1. The van der Waals surface area contributed by atoms with E-state index in [0.29, 0.717) is 24.5 Å². The van der Waals surface area contributed by atoms with E-state index in [2.05, 4.69) is 44.5 Å². The normalized spacial score (nSPS) is 24.7. The van der Waals surface area contributed by atoms with Crippen molar-refractivity contribution in [2.75, 3.05) is 37.3 Å². The van der Waals surface area contributed by atoms with Gasteiger partial charge in [-0.2, -0.15) is 0 Å². The van der Waals surface area contributed by atoms with Crippen molar-refractivity contribution in [1.29, 1.82) is 0 Å². The van der Waals surface area contributed by atoms with Crippen LogP contribution in [-0.4, -0.2) is 84.8 Å². The lowest BCUT2D eigenvalue weighted by atomic mass is 9.60. The lowest BCUT2D eigenvalue weighted by Crippen LogP contribution is -2.68. The summed E-state index contributed by atoms with van der Waals surface area (Å²) in [4.78, 5) is 28.1. The van der Waals surface area contributed by atoms with E-state index in [4.69, 9.17) is 0 Å². The molecule has 1 saturated carbocycles. The number of likely N-dealkylation sites (tertiary alicyclic amines) is 1. The van der Waals surface area contributed by atoms with Crippen LogP contribution in [0.2, 0.25) is 0 Å². The molecule has 3 heterocycles. The number of hydrogen-bond acceptors (Lipinski definition) is 7. The van der Waals surface area contributed by atoms with Crippen LogP contribution in [0.1, 0.15) is 32.3 Å². The van der Waals surface area contributed by atoms with Crippen molar-refractivity contribution in [2.45, 2.75) is 56.3 Å². The molecule has 2 atom stereocenters. The Labute approximate surface area is 207 Å². The van der Waals surface area contributed by atoms with Crippen LogP contribution in [0.15, 0.2) is 47.6 Å². The Bertz CT molecular complexity index is 1160. The van der Waals surface area contributed by atoms with Crippen molar-refractivity contribution < 1.29 is 13.2 Å². The van der Waals surface area contributed by atoms with Gasteiger partial charge in [0.05, 0.1) is 12.4 Å². The van der Waals surface area contributed by atoms with Gasteiger partial charge in [-0.3, -0.25) is 4.90 Å². The molecule has 2 aromatic rings. The zero-order chi connectivity index (χ0) is 24.8. The Morgan fingerprint density at radius 2 is 1.71 bits per heavy atom. The average Bonchev–Trinajstić information content (AvgIpc) is 2.77. The number of anilines is 1. The second-order valence-electron chi connectivity index (χ2n) is 10.7. The minimum absolute atomic E-state index is 0.00217. The maximum Gasteiger partial charge on any atom is 0.317 e. The van der Waals surface area contributed by atoms with Gasteiger partial charge in [-0.1, -0.05) is 30.3 Å². The summed E-state index contributed by atoms with van der Waals surface area (Å²) in [5.74, 6) is 0.489. The van der Waals surface area contributed by atoms with E-state index >= 15 is 0 Å². The lowest BCUT2D eigenvalue weighted by molar-refractivity contribution is -0.0811. The van der Waals surface area contributed by atoms with Gasteiger partial charge in [0.15, 0.2) is 9.84 Å². The average molecular weight is 499 g/mol. The van der Waals surface area contributed by atoms with Crippen molar-refractivity contribution in [1.82, 2.24) is 25.1 Å². The molecule has 1 spiro atoms. The number of nitrogens with zero attached hydrogens (tertiary/aromatic N) is 5. The summed E-state index contributed by atoms with van der Waals surface area (Å²) in [5.41, 5.74) is 1.73. The third-order valence-corrected chi connectivity index (χ3v) is 8.67. The molecule has 188 valence electrons. The monoisotopic (exact) mass is 498 g/mol. The Balaban J connectivity index is 1.10. The standard InChI is InChI=1S/C25H34N6O3S/c1-18-14-31(19(2)13-30(18)23-26-11-22(12-27-23)35(3,33)34)24(32)28-21-9-25(10-21)16-29(17-25)15-20-7-5-4-6-8-20/h4-8,11-12,18-19,21H,9-10,13-17H2,1-3H3,(H,28,32)/t18-,19+/m0/s1. The fraction of sp³-hybridized carbons (Fsp3) is 0.560. The van der Waals surface area contributed by atoms with Crippen LogP contribution in [0.25, 0.3) is 0 Å². The molecule has 9 nitrogen and oxygen atoms in total. The van der Waals surface area contributed by atoms with E-state index in [1.807, 2.05) is 29.7 Å². The van der Waals surface area contributed by atoms with Crippen LogP contribution in [-0.2, 0) is 16.4 Å². The highest BCUT2D eigenvalue weighted by Crippen LogP contribution is 2.48. The summed E-state index contributed by atoms with van der Waals surface area (Å²) >= 11 is 0. The van der Waals surface area contributed by atoms with Gasteiger partial charge in [0.25, 0.3) is 0 Å². The van der Waals surface area contributed by atoms with Gasteiger partial charge in [-0.05, 0) is 37.7 Å². The molecule has 1 aromatic carbocycles. The Morgan fingerprint density at radius 3 is 2.34 bits per heavy atom. The molecule has 1 N–H and O–H groups in total. The summed E-state index contributed by atoms with van der Waals surface area (Å²) in [5, 5.41) is 3.26. The van der Waals surface area contributed by atoms with Crippen molar-refractivity contribution in [3.05, 3.63) is 48.3 Å². The molecule has 0 radical (unpaired) electrons. The van der Waals surface area contributed by atoms with E-state index in [-0.39, 0.29) is 29.1 Å². The first kappa shape index (κ1) is 24.0. The smallest absolute Gasteiger partial charge is 0.317 e. The zero-order valence-electron chi connectivity index (χ0n) is 20.6. The number of nitrogens with one attached hydrogen (secondary N) is 1. The quantitative estimate of drug-likeness (QED) is 0.674. The molecule has 3 aliphatic rings. The summed E-state index contributed by atoms with van der Waals surface area (Å²) < 4.78 is 23.4. The molecule has 35 heavy (non-hydrogen) atoms. The number of piperazine rings is 1. The highest BCUT2D eigenvalue weighted by atomic mass is 32.2. The molecule has 0 bridgehead atoms. The largest absolute Gasteiger partial charge is 0.335 e. The Morgan fingerprint density at radius 1 is 1.06 bits per heavy atom. The summed E-state index contributed by atoms with van der Waals surface area (Å²) in [6, 6.07) is 10.8. The number of hydrogen-bond donors (Lipinski definition) is 1. The number of aromatic nitrogens is 2. The van der Waals surface area contributed by atoms with Crippen LogP contribution in [0.5, 0.6) is 0 Å². The van der Waals surface area contributed by atoms with E-state index in [1.165, 1.54) is 18.0 Å². The number of benzene rings is 1. The lowest BCUT2D eigenvalue weighted by Gasteiger charge is -2.59. The summed E-state index contributed by atoms with van der Waals surface area (Å²) in [7, 11) is -3.33. The predicted molar refractivity (Wildman–Crippen MR) is 134 cm³/mol. The van der Waals surface area contributed by atoms with Crippen molar-refractivity contribution in [3.8, 4) is 0 Å². The van der Waals surface area contributed by atoms with Crippen LogP contribution >= 0.6 is 0 Å². The topological polar surface area (TPSA) is 98.7 Å². The fourth-order valence-corrected chi connectivity index (χ4v) is 6.28. The van der Waals surface area contributed by atoms with Gasteiger partial charge in [-0.15, -0.1) is 0 Å². The SMILES string of the molecule is C[C@@H]1CN(c2ncc(S(C)(=O)=O)cn2)[C@@H](C)CN1C(=O)NC1CC2(C1)CN(Cc1ccccc1)C2. The number of amides is 2. The summed E-state index contributed by atoms with van der Waals surface area (Å²) in [6.07, 6.45) is 5.94. The Hall–Kier alpha value is -2.72. The van der Waals surface area contributed by atoms with Gasteiger partial charge in [0, 0.05) is 57.1 Å². The molecule has 3 fully saturated rings. The van der Waals surface area contributed by atoms with Crippen molar-refractivity contribution in [2.24, 2.45) is 5.41 Å². The van der Waals surface area contributed by atoms with E-state index in [0.717, 1.165) is 38.7 Å². The van der Waals surface area contributed by atoms with E-state index in [1.54, 1.807) is 0 Å². The van der Waals surface area contributed by atoms with Gasteiger partial charge in [0.2, 0.25) is 5.95 Å². The molecular weight excluding hydrogens is 464 g/mol. The molecule has 10 heteroatoms. The number of rotatable bonds is 5. The maximum atomic E-state index is 13.1. The third-order valence-electron chi connectivity index (χ3n) is 7.60. The molecule has 2 saturated heterocycles. The Kier molecular flexibility index (Phi) is 6.21. The molecule has 1 aromatic heterocycles. The number of carbonyl (C=O) groups excluding carboxylic acids is 1. The highest BCUT2D eigenvalue weighted by molar-refractivity contribution is 7.90. The van der Waals surface area contributed by atoms with Crippen molar-refractivity contribution in [3.63, 3.8) is 0 Å². The van der Waals surface area contributed by atoms with Gasteiger partial charge in [-0.25, -0.2) is 23.2 Å². The van der Waals surface area contributed by atoms with Gasteiger partial charge >= 0.3 is 6.03 Å². The summed E-state index contributed by atoms with van der Waals surface area (Å²) in [6.45, 7) is 8.44. The maximum absolute atomic E-state index is 13.1. The third kappa shape index (κ3) is 4.99. The predicted octanol–water partition coefficient (Wildman–Crippen LogP) is 2.15. The molecular formula is C25H34N6O3S. The van der Waals surface area contributed by atoms with Gasteiger partial charge < -0.3 is 15.1 Å². The van der Waals surface area contributed by atoms with Crippen molar-refractivity contribution >= 4 is 21.8 Å². The minimum atomic E-state index is -3.33. The zero-order valence-corrected chi connectivity index (χ0v) is 21.4. The van der Waals surface area contributed by atoms with Crippen LogP contribution < -0.4 is 10.2 Å². The van der Waals surface area contributed by atoms with Crippen LogP contribution in [0.3, 0.4) is 0 Å². The first-order chi connectivity index (χ1) is 16.6.